The summed E-state index contributed by atoms with van der Waals surface area (Å²) < 4.78 is 0. The highest BCUT2D eigenvalue weighted by molar-refractivity contribution is 7.98. The molecule has 0 saturated heterocycles. The highest BCUT2D eigenvalue weighted by Crippen LogP contribution is 2.05. The molecule has 33 heavy (non-hydrogen) atoms. The highest BCUT2D eigenvalue weighted by Gasteiger charge is 2.28. The Morgan fingerprint density at radius 1 is 1.00 bits per heavy atom. The quantitative estimate of drug-likeness (QED) is 0.162. The molecule has 2 aromatic heterocycles. The average Bonchev–Trinajstić information content (AvgIpc) is 3.48. The maximum absolute atomic E-state index is 13.0. The smallest absolute Gasteiger partial charge is 0.322 e. The van der Waals surface area contributed by atoms with Gasteiger partial charge in [0.2, 0.25) is 17.7 Å². The number of imidazole rings is 2. The Labute approximate surface area is 194 Å². The van der Waals surface area contributed by atoms with E-state index >= 15 is 0 Å². The van der Waals surface area contributed by atoms with Crippen LogP contribution in [0.4, 0.5) is 0 Å². The number of H-pyrrole nitrogens is 2. The monoisotopic (exact) mass is 480 g/mol. The van der Waals surface area contributed by atoms with Gasteiger partial charge in [0.15, 0.2) is 0 Å². The second kappa shape index (κ2) is 13.2. The van der Waals surface area contributed by atoms with Gasteiger partial charge in [0.25, 0.3) is 0 Å². The van der Waals surface area contributed by atoms with Gasteiger partial charge in [0, 0.05) is 36.6 Å². The first kappa shape index (κ1) is 25.9. The largest absolute Gasteiger partial charge is 0.480 e. The average molecular weight is 481 g/mol. The second-order valence-corrected chi connectivity index (χ2v) is 8.17. The summed E-state index contributed by atoms with van der Waals surface area (Å²) in [5, 5.41) is 16.3. The van der Waals surface area contributed by atoms with Crippen molar-refractivity contribution in [3.05, 3.63) is 36.4 Å². The summed E-state index contributed by atoms with van der Waals surface area (Å²) in [5.74, 6) is -2.42. The van der Waals surface area contributed by atoms with E-state index in [1.54, 1.807) is 6.20 Å². The summed E-state index contributed by atoms with van der Waals surface area (Å²) >= 11 is 1.49. The van der Waals surface area contributed by atoms with Gasteiger partial charge in [-0.15, -0.1) is 0 Å². The lowest BCUT2D eigenvalue weighted by atomic mass is 10.1. The van der Waals surface area contributed by atoms with E-state index < -0.39 is 48.4 Å². The summed E-state index contributed by atoms with van der Waals surface area (Å²) in [6, 6.07) is -2.92. The number of hydrogen-bond acceptors (Lipinski definition) is 8. The lowest BCUT2D eigenvalue weighted by molar-refractivity contribution is -0.138. The van der Waals surface area contributed by atoms with Gasteiger partial charge in [-0.05, 0) is 18.4 Å². The van der Waals surface area contributed by atoms with Crippen molar-refractivity contribution in [2.45, 2.75) is 37.4 Å². The highest BCUT2D eigenvalue weighted by atomic mass is 32.2. The Morgan fingerprint density at radius 3 is 2.15 bits per heavy atom. The molecule has 0 saturated carbocycles. The summed E-state index contributed by atoms with van der Waals surface area (Å²) in [6.07, 6.45) is 8.38. The van der Waals surface area contributed by atoms with E-state index in [0.29, 0.717) is 23.6 Å². The molecule has 3 atom stereocenters. The number of aromatic amines is 2. The number of hydrogen-bond donors (Lipinski definition) is 7. The first-order valence-corrected chi connectivity index (χ1v) is 11.5. The molecule has 0 aliphatic carbocycles. The zero-order valence-electron chi connectivity index (χ0n) is 18.0. The maximum Gasteiger partial charge on any atom is 0.322 e. The Balaban J connectivity index is 2.06. The van der Waals surface area contributed by atoms with E-state index in [4.69, 9.17) is 10.8 Å². The lowest BCUT2D eigenvalue weighted by Gasteiger charge is -2.23. The number of nitrogens with two attached hydrogens (primary N) is 1. The van der Waals surface area contributed by atoms with Crippen LogP contribution in [0.2, 0.25) is 0 Å². The number of aromatic nitrogens is 4. The minimum atomic E-state index is -1.22. The molecular formula is C19H28N8O5S. The van der Waals surface area contributed by atoms with Crippen molar-refractivity contribution in [3.63, 3.8) is 0 Å². The molecule has 3 amide bonds. The summed E-state index contributed by atoms with van der Waals surface area (Å²) in [6.45, 7) is -0.594. The van der Waals surface area contributed by atoms with Gasteiger partial charge < -0.3 is 36.8 Å². The predicted molar refractivity (Wildman–Crippen MR) is 120 cm³/mol. The molecule has 0 bridgehead atoms. The molecule has 14 heteroatoms. The minimum absolute atomic E-state index is 0.0553. The standard InChI is InChI=1S/C19H28N8O5S/c1-33-3-2-14(26-17(30)13(20)4-11-6-21-9-24-11)19(32)27-15(5-12-7-22-10-25-12)18(31)23-8-16(28)29/h6-7,9-10,13-15H,2-5,8,20H2,1H3,(H,21,24)(H,22,25)(H,23,31)(H,26,30)(H,27,32)(H,28,29). The molecule has 0 radical (unpaired) electrons. The van der Waals surface area contributed by atoms with E-state index in [1.165, 1.54) is 30.6 Å². The van der Waals surface area contributed by atoms with Crippen molar-refractivity contribution < 1.29 is 24.3 Å². The van der Waals surface area contributed by atoms with Crippen LogP contribution in [0.3, 0.4) is 0 Å². The molecule has 0 aliphatic rings. The number of carbonyl (C=O) groups is 4. The number of amides is 3. The van der Waals surface area contributed by atoms with E-state index in [2.05, 4.69) is 35.9 Å². The Kier molecular flexibility index (Phi) is 10.4. The van der Waals surface area contributed by atoms with Crippen LogP contribution >= 0.6 is 11.8 Å². The van der Waals surface area contributed by atoms with Gasteiger partial charge in [0.1, 0.15) is 18.6 Å². The number of nitrogens with zero attached hydrogens (tertiary/aromatic N) is 2. The molecular weight excluding hydrogens is 452 g/mol. The number of thioether (sulfide) groups is 1. The number of carboxylic acid groups (broad SMARTS) is 1. The molecule has 180 valence electrons. The third kappa shape index (κ3) is 8.94. The van der Waals surface area contributed by atoms with E-state index in [1.807, 2.05) is 6.26 Å². The Bertz CT molecular complexity index is 905. The van der Waals surface area contributed by atoms with Gasteiger partial charge in [0.05, 0.1) is 18.7 Å². The van der Waals surface area contributed by atoms with Crippen LogP contribution in [0.5, 0.6) is 0 Å². The molecule has 8 N–H and O–H groups in total. The van der Waals surface area contributed by atoms with Crippen LogP contribution in [0, 0.1) is 0 Å². The van der Waals surface area contributed by atoms with Gasteiger partial charge in [-0.1, -0.05) is 0 Å². The molecule has 0 fully saturated rings. The zero-order chi connectivity index (χ0) is 24.2. The summed E-state index contributed by atoms with van der Waals surface area (Å²) in [7, 11) is 0. The topological polar surface area (TPSA) is 208 Å². The van der Waals surface area contributed by atoms with Crippen LogP contribution < -0.4 is 21.7 Å². The van der Waals surface area contributed by atoms with Crippen molar-refractivity contribution >= 4 is 35.5 Å². The Morgan fingerprint density at radius 2 is 1.61 bits per heavy atom. The Hall–Kier alpha value is -3.39. The van der Waals surface area contributed by atoms with Gasteiger partial charge in [-0.2, -0.15) is 11.8 Å². The van der Waals surface area contributed by atoms with Crippen molar-refractivity contribution in [1.29, 1.82) is 0 Å². The molecule has 2 aromatic rings. The fourth-order valence-electron chi connectivity index (χ4n) is 2.89. The normalized spacial score (nSPS) is 13.5. The molecule has 2 heterocycles. The first-order chi connectivity index (χ1) is 15.8. The number of carbonyl (C=O) groups excluding carboxylic acids is 3. The zero-order valence-corrected chi connectivity index (χ0v) is 18.9. The van der Waals surface area contributed by atoms with Crippen LogP contribution in [0.15, 0.2) is 25.0 Å². The SMILES string of the molecule is CSCCC(NC(=O)C(N)Cc1cnc[nH]1)C(=O)NC(Cc1cnc[nH]1)C(=O)NCC(=O)O. The fourth-order valence-corrected chi connectivity index (χ4v) is 3.36. The number of aliphatic carboxylic acids is 1. The lowest BCUT2D eigenvalue weighted by Crippen LogP contribution is -2.57. The molecule has 2 rings (SSSR count). The molecule has 3 unspecified atom stereocenters. The van der Waals surface area contributed by atoms with Crippen LogP contribution in [0.1, 0.15) is 17.8 Å². The predicted octanol–water partition coefficient (Wildman–Crippen LogP) is -1.83. The maximum atomic E-state index is 13.0. The van der Waals surface area contributed by atoms with Gasteiger partial charge in [-0.25, -0.2) is 9.97 Å². The number of carboxylic acids is 1. The van der Waals surface area contributed by atoms with E-state index in [0.717, 1.165) is 0 Å². The first-order valence-electron chi connectivity index (χ1n) is 10.1. The third-order valence-corrected chi connectivity index (χ3v) is 5.24. The van der Waals surface area contributed by atoms with Crippen LogP contribution in [-0.2, 0) is 32.0 Å². The number of nitrogens with one attached hydrogen (secondary N) is 5. The van der Waals surface area contributed by atoms with Crippen molar-refractivity contribution in [2.24, 2.45) is 5.73 Å². The van der Waals surface area contributed by atoms with Crippen molar-refractivity contribution in [3.8, 4) is 0 Å². The molecule has 0 aromatic carbocycles. The summed E-state index contributed by atoms with van der Waals surface area (Å²) in [4.78, 5) is 62.3. The molecule has 13 nitrogen and oxygen atoms in total. The fraction of sp³-hybridized carbons (Fsp3) is 0.474. The van der Waals surface area contributed by atoms with Gasteiger partial charge in [-0.3, -0.25) is 19.2 Å². The van der Waals surface area contributed by atoms with Crippen molar-refractivity contribution in [1.82, 2.24) is 35.9 Å². The van der Waals surface area contributed by atoms with E-state index in [-0.39, 0.29) is 12.8 Å². The van der Waals surface area contributed by atoms with E-state index in [9.17, 15) is 19.2 Å². The molecule has 0 aliphatic heterocycles. The van der Waals surface area contributed by atoms with Crippen LogP contribution in [0.25, 0.3) is 0 Å². The van der Waals surface area contributed by atoms with Crippen molar-refractivity contribution in [2.75, 3.05) is 18.6 Å². The van der Waals surface area contributed by atoms with Gasteiger partial charge >= 0.3 is 5.97 Å². The second-order valence-electron chi connectivity index (χ2n) is 7.18. The number of rotatable bonds is 14. The summed E-state index contributed by atoms with van der Waals surface area (Å²) in [5.41, 5.74) is 7.21. The molecule has 0 spiro atoms. The minimum Gasteiger partial charge on any atom is -0.480 e. The van der Waals surface area contributed by atoms with Crippen LogP contribution in [-0.4, -0.2) is 85.4 Å². The third-order valence-electron chi connectivity index (χ3n) is 4.60.